The highest BCUT2D eigenvalue weighted by molar-refractivity contribution is 5.95. The van der Waals surface area contributed by atoms with Gasteiger partial charge in [-0.2, -0.15) is 4.98 Å². The maximum absolute atomic E-state index is 12.7. The van der Waals surface area contributed by atoms with Crippen LogP contribution in [0, 0.1) is 16.0 Å². The second-order valence-corrected chi connectivity index (χ2v) is 6.47. The summed E-state index contributed by atoms with van der Waals surface area (Å²) >= 11 is 0. The summed E-state index contributed by atoms with van der Waals surface area (Å²) in [4.78, 5) is 27.5. The smallest absolute Gasteiger partial charge is 0.270 e. The van der Waals surface area contributed by atoms with Crippen LogP contribution in [0.1, 0.15) is 42.6 Å². The molecule has 8 heteroatoms. The van der Waals surface area contributed by atoms with Crippen molar-refractivity contribution in [3.63, 3.8) is 0 Å². The molecule has 3 aromatic rings. The molecule has 2 atom stereocenters. The van der Waals surface area contributed by atoms with E-state index in [4.69, 9.17) is 4.52 Å². The van der Waals surface area contributed by atoms with Gasteiger partial charge in [-0.25, -0.2) is 0 Å². The molecule has 0 radical (unpaired) electrons. The van der Waals surface area contributed by atoms with E-state index in [0.717, 1.165) is 12.0 Å². The van der Waals surface area contributed by atoms with Crippen molar-refractivity contribution < 1.29 is 14.2 Å². The Hall–Kier alpha value is -3.55. The predicted octanol–water partition coefficient (Wildman–Crippen LogP) is 4.16. The number of hydrogen-bond acceptors (Lipinski definition) is 6. The van der Waals surface area contributed by atoms with E-state index >= 15 is 0 Å². The van der Waals surface area contributed by atoms with Crippen LogP contribution in [0.25, 0.3) is 11.4 Å². The van der Waals surface area contributed by atoms with Crippen LogP contribution >= 0.6 is 0 Å². The van der Waals surface area contributed by atoms with E-state index in [1.54, 1.807) is 0 Å². The molecule has 8 nitrogen and oxygen atoms in total. The first-order valence-corrected chi connectivity index (χ1v) is 8.94. The Balaban J connectivity index is 1.85. The van der Waals surface area contributed by atoms with E-state index in [0.29, 0.717) is 11.7 Å². The van der Waals surface area contributed by atoms with E-state index < -0.39 is 16.9 Å². The fourth-order valence-electron chi connectivity index (χ4n) is 2.73. The van der Waals surface area contributed by atoms with Gasteiger partial charge in [-0.1, -0.05) is 61.8 Å². The number of non-ortho nitro benzene ring substituents is 1. The maximum atomic E-state index is 12.7. The van der Waals surface area contributed by atoms with Crippen molar-refractivity contribution in [3.05, 3.63) is 76.2 Å². The van der Waals surface area contributed by atoms with Crippen molar-refractivity contribution in [2.45, 2.75) is 26.3 Å². The van der Waals surface area contributed by atoms with Crippen molar-refractivity contribution in [2.75, 3.05) is 0 Å². The van der Waals surface area contributed by atoms with Gasteiger partial charge < -0.3 is 9.84 Å². The molecule has 0 unspecified atom stereocenters. The van der Waals surface area contributed by atoms with E-state index in [-0.39, 0.29) is 17.2 Å². The summed E-state index contributed by atoms with van der Waals surface area (Å²) in [5, 5.41) is 17.8. The zero-order chi connectivity index (χ0) is 20.1. The van der Waals surface area contributed by atoms with Crippen LogP contribution in [0.4, 0.5) is 5.69 Å². The van der Waals surface area contributed by atoms with E-state index in [1.165, 1.54) is 24.3 Å². The number of nitro benzene ring substituents is 1. The summed E-state index contributed by atoms with van der Waals surface area (Å²) < 4.78 is 5.42. The molecule has 1 N–H and O–H groups in total. The van der Waals surface area contributed by atoms with Crippen LogP contribution in [0.15, 0.2) is 59.1 Å². The van der Waals surface area contributed by atoms with Crippen molar-refractivity contribution in [2.24, 2.45) is 5.92 Å². The van der Waals surface area contributed by atoms with E-state index in [9.17, 15) is 14.9 Å². The molecule has 144 valence electrons. The highest BCUT2D eigenvalue weighted by Gasteiger charge is 2.27. The summed E-state index contributed by atoms with van der Waals surface area (Å²) in [6.45, 7) is 3.95. The number of carbonyl (C=O) groups is 1. The number of benzene rings is 2. The first-order chi connectivity index (χ1) is 13.5. The first-order valence-electron chi connectivity index (χ1n) is 8.94. The highest BCUT2D eigenvalue weighted by atomic mass is 16.6. The zero-order valence-electron chi connectivity index (χ0n) is 15.5. The van der Waals surface area contributed by atoms with Gasteiger partial charge in [-0.3, -0.25) is 14.9 Å². The highest BCUT2D eigenvalue weighted by Crippen LogP contribution is 2.26. The Morgan fingerprint density at radius 3 is 2.64 bits per heavy atom. The topological polar surface area (TPSA) is 111 Å². The molecule has 0 saturated carbocycles. The zero-order valence-corrected chi connectivity index (χ0v) is 15.5. The molecule has 0 saturated heterocycles. The molecule has 1 amide bonds. The number of nitrogens with zero attached hydrogens (tertiary/aromatic N) is 3. The van der Waals surface area contributed by atoms with Gasteiger partial charge in [0.05, 0.1) is 4.92 Å². The van der Waals surface area contributed by atoms with E-state index in [1.807, 2.05) is 44.2 Å². The number of nitrogens with one attached hydrogen (secondary N) is 1. The molecule has 3 rings (SSSR count). The number of hydrogen-bond donors (Lipinski definition) is 1. The van der Waals surface area contributed by atoms with Crippen LogP contribution in [-0.4, -0.2) is 21.0 Å². The minimum Gasteiger partial charge on any atom is -0.340 e. The van der Waals surface area contributed by atoms with Crippen molar-refractivity contribution in [1.82, 2.24) is 15.5 Å². The van der Waals surface area contributed by atoms with Crippen LogP contribution < -0.4 is 5.32 Å². The van der Waals surface area contributed by atoms with Gasteiger partial charge in [0.1, 0.15) is 6.04 Å². The van der Waals surface area contributed by atoms with E-state index in [2.05, 4.69) is 15.5 Å². The summed E-state index contributed by atoms with van der Waals surface area (Å²) in [6.07, 6.45) is 0.767. The maximum Gasteiger partial charge on any atom is 0.270 e. The minimum atomic E-state index is -0.535. The minimum absolute atomic E-state index is 0.0201. The molecular weight excluding hydrogens is 360 g/mol. The number of nitro groups is 1. The fourth-order valence-corrected chi connectivity index (χ4v) is 2.73. The van der Waals surface area contributed by atoms with Crippen molar-refractivity contribution >= 4 is 11.6 Å². The number of aromatic nitrogens is 2. The lowest BCUT2D eigenvalue weighted by Crippen LogP contribution is -2.32. The lowest BCUT2D eigenvalue weighted by molar-refractivity contribution is -0.384. The molecule has 1 aromatic heterocycles. The Morgan fingerprint density at radius 2 is 1.96 bits per heavy atom. The molecule has 0 spiro atoms. The molecule has 0 aliphatic rings. The summed E-state index contributed by atoms with van der Waals surface area (Å²) in [7, 11) is 0. The molecule has 28 heavy (non-hydrogen) atoms. The first kappa shape index (κ1) is 19.2. The average Bonchev–Trinajstić information content (AvgIpc) is 3.22. The monoisotopic (exact) mass is 380 g/mol. The second-order valence-electron chi connectivity index (χ2n) is 6.47. The molecule has 0 aliphatic carbocycles. The lowest BCUT2D eigenvalue weighted by Gasteiger charge is -2.20. The Morgan fingerprint density at radius 1 is 1.21 bits per heavy atom. The molecule has 1 heterocycles. The molecular formula is C20H20N4O4. The molecule has 0 aliphatic heterocycles. The normalized spacial score (nSPS) is 12.9. The van der Waals surface area contributed by atoms with Gasteiger partial charge in [0.15, 0.2) is 0 Å². The lowest BCUT2D eigenvalue weighted by atomic mass is 9.98. The average molecular weight is 380 g/mol. The van der Waals surface area contributed by atoms with Crippen LogP contribution in [0.2, 0.25) is 0 Å². The Kier molecular flexibility index (Phi) is 5.78. The van der Waals surface area contributed by atoms with Gasteiger partial charge >= 0.3 is 0 Å². The van der Waals surface area contributed by atoms with Crippen molar-refractivity contribution in [1.29, 1.82) is 0 Å². The molecule has 2 aromatic carbocycles. The Bertz CT molecular complexity index is 971. The molecule has 0 fully saturated rings. The van der Waals surface area contributed by atoms with Crippen LogP contribution in [0.3, 0.4) is 0 Å². The fraction of sp³-hybridized carbons (Fsp3) is 0.250. The second kappa shape index (κ2) is 8.43. The third-order valence-corrected chi connectivity index (χ3v) is 4.56. The van der Waals surface area contributed by atoms with Gasteiger partial charge in [0.2, 0.25) is 11.7 Å². The third-order valence-electron chi connectivity index (χ3n) is 4.56. The largest absolute Gasteiger partial charge is 0.340 e. The standard InChI is InChI=1S/C20H20N4O4/c1-3-13(2)17(20-22-18(23-28-20)14-8-5-4-6-9-14)21-19(25)15-10-7-11-16(12-15)24(26)27/h4-13,17H,3H2,1-2H3,(H,21,25)/t13-,17-/m1/s1. The predicted molar refractivity (Wildman–Crippen MR) is 102 cm³/mol. The third kappa shape index (κ3) is 4.22. The molecule has 0 bridgehead atoms. The number of rotatable bonds is 7. The van der Waals surface area contributed by atoms with Crippen LogP contribution in [-0.2, 0) is 0 Å². The van der Waals surface area contributed by atoms with Gasteiger partial charge in [-0.05, 0) is 12.0 Å². The number of carbonyl (C=O) groups excluding carboxylic acids is 1. The van der Waals surface area contributed by atoms with Gasteiger partial charge in [0.25, 0.3) is 11.6 Å². The SMILES string of the molecule is CC[C@@H](C)[C@@H](NC(=O)c1cccc([N+](=O)[O-])c1)c1nc(-c2ccccc2)no1. The Labute approximate surface area is 161 Å². The summed E-state index contributed by atoms with van der Waals surface area (Å²) in [5.74, 6) is 0.320. The van der Waals surface area contributed by atoms with Gasteiger partial charge in [0, 0.05) is 23.3 Å². The summed E-state index contributed by atoms with van der Waals surface area (Å²) in [5.41, 5.74) is 0.868. The van der Waals surface area contributed by atoms with Gasteiger partial charge in [-0.15, -0.1) is 0 Å². The van der Waals surface area contributed by atoms with Crippen molar-refractivity contribution in [3.8, 4) is 11.4 Å². The van der Waals surface area contributed by atoms with Crippen LogP contribution in [0.5, 0.6) is 0 Å². The summed E-state index contributed by atoms with van der Waals surface area (Å²) in [6, 6.07) is 14.5. The quantitative estimate of drug-likeness (QED) is 0.486. The number of amides is 1.